The molecule has 4 rings (SSSR count). The standard InChI is InChI=1S/C15H17ClN2O3/c16-14-10(2-1-3-11(14)19)9-17-5-4-15-12(17)8-13(20)18(15)6-7-21-15/h1-3,12,19H,4-9H2/t12-,15+/m1/s1. The van der Waals surface area contributed by atoms with Crippen molar-refractivity contribution in [2.75, 3.05) is 19.7 Å². The molecule has 1 aromatic carbocycles. The predicted octanol–water partition coefficient (Wildman–Crippen LogP) is 1.58. The first-order valence-corrected chi connectivity index (χ1v) is 7.64. The van der Waals surface area contributed by atoms with Gasteiger partial charge in [-0.05, 0) is 11.6 Å². The van der Waals surface area contributed by atoms with E-state index < -0.39 is 5.72 Å². The number of nitrogens with zero attached hydrogens (tertiary/aromatic N) is 2. The first kappa shape index (κ1) is 13.4. The molecule has 0 saturated carbocycles. The third-order valence-electron chi connectivity index (χ3n) is 4.94. The van der Waals surface area contributed by atoms with Crippen molar-refractivity contribution in [3.63, 3.8) is 0 Å². The monoisotopic (exact) mass is 308 g/mol. The Hall–Kier alpha value is -1.30. The fraction of sp³-hybridized carbons (Fsp3) is 0.533. The molecule has 0 aliphatic carbocycles. The van der Waals surface area contributed by atoms with E-state index in [0.29, 0.717) is 31.1 Å². The van der Waals surface area contributed by atoms with Gasteiger partial charge in [0.15, 0.2) is 5.72 Å². The molecular weight excluding hydrogens is 292 g/mol. The number of ether oxygens (including phenoxy) is 1. The molecule has 3 aliphatic heterocycles. The van der Waals surface area contributed by atoms with Crippen molar-refractivity contribution in [3.8, 4) is 5.75 Å². The Morgan fingerprint density at radius 1 is 1.43 bits per heavy atom. The largest absolute Gasteiger partial charge is 0.506 e. The SMILES string of the molecule is O=C1C[C@H]2N(Cc3cccc(O)c3Cl)CC[C@]23OCCN13. The molecule has 3 saturated heterocycles. The van der Waals surface area contributed by atoms with Crippen molar-refractivity contribution in [3.05, 3.63) is 28.8 Å². The Morgan fingerprint density at radius 2 is 2.29 bits per heavy atom. The van der Waals surface area contributed by atoms with E-state index in [0.717, 1.165) is 18.5 Å². The maximum absolute atomic E-state index is 12.1. The van der Waals surface area contributed by atoms with E-state index in [1.807, 2.05) is 11.0 Å². The molecule has 1 aromatic rings. The molecule has 6 heteroatoms. The summed E-state index contributed by atoms with van der Waals surface area (Å²) in [5, 5.41) is 10.1. The van der Waals surface area contributed by atoms with Gasteiger partial charge >= 0.3 is 0 Å². The van der Waals surface area contributed by atoms with Crippen LogP contribution < -0.4 is 0 Å². The van der Waals surface area contributed by atoms with E-state index in [1.165, 1.54) is 0 Å². The minimum absolute atomic E-state index is 0.0888. The van der Waals surface area contributed by atoms with Crippen LogP contribution in [0.15, 0.2) is 18.2 Å². The van der Waals surface area contributed by atoms with Crippen molar-refractivity contribution in [2.45, 2.75) is 31.2 Å². The maximum atomic E-state index is 12.1. The van der Waals surface area contributed by atoms with Crippen LogP contribution in [0.5, 0.6) is 5.75 Å². The summed E-state index contributed by atoms with van der Waals surface area (Å²) in [7, 11) is 0. The molecule has 1 amide bonds. The molecule has 0 unspecified atom stereocenters. The predicted molar refractivity (Wildman–Crippen MR) is 76.9 cm³/mol. The number of hydrogen-bond acceptors (Lipinski definition) is 4. The zero-order valence-corrected chi connectivity index (χ0v) is 12.3. The minimum atomic E-state index is -0.416. The van der Waals surface area contributed by atoms with Crippen molar-refractivity contribution >= 4 is 17.5 Å². The highest BCUT2D eigenvalue weighted by molar-refractivity contribution is 6.32. The van der Waals surface area contributed by atoms with E-state index in [9.17, 15) is 9.90 Å². The third kappa shape index (κ3) is 1.81. The van der Waals surface area contributed by atoms with Crippen LogP contribution in [0, 0.1) is 0 Å². The maximum Gasteiger partial charge on any atom is 0.226 e. The van der Waals surface area contributed by atoms with Gasteiger partial charge in [0.1, 0.15) is 5.75 Å². The van der Waals surface area contributed by atoms with Crippen LogP contribution in [0.4, 0.5) is 0 Å². The van der Waals surface area contributed by atoms with Gasteiger partial charge in [-0.25, -0.2) is 0 Å². The van der Waals surface area contributed by atoms with Gasteiger partial charge in [-0.2, -0.15) is 0 Å². The molecule has 1 N–H and O–H groups in total. The van der Waals surface area contributed by atoms with Crippen molar-refractivity contribution in [1.29, 1.82) is 0 Å². The summed E-state index contributed by atoms with van der Waals surface area (Å²) in [5.74, 6) is 0.286. The zero-order valence-electron chi connectivity index (χ0n) is 11.6. The van der Waals surface area contributed by atoms with E-state index >= 15 is 0 Å². The number of amides is 1. The Labute approximate surface area is 128 Å². The van der Waals surface area contributed by atoms with Crippen LogP contribution in [0.3, 0.4) is 0 Å². The topological polar surface area (TPSA) is 53.0 Å². The summed E-state index contributed by atoms with van der Waals surface area (Å²) in [6, 6.07) is 5.38. The molecule has 21 heavy (non-hydrogen) atoms. The average molecular weight is 309 g/mol. The second-order valence-electron chi connectivity index (χ2n) is 5.93. The highest BCUT2D eigenvalue weighted by atomic mass is 35.5. The lowest BCUT2D eigenvalue weighted by molar-refractivity contribution is -0.136. The number of benzene rings is 1. The van der Waals surface area contributed by atoms with E-state index in [1.54, 1.807) is 12.1 Å². The first-order valence-electron chi connectivity index (χ1n) is 7.27. The molecule has 5 nitrogen and oxygen atoms in total. The zero-order chi connectivity index (χ0) is 14.6. The second-order valence-corrected chi connectivity index (χ2v) is 6.31. The summed E-state index contributed by atoms with van der Waals surface area (Å²) < 4.78 is 5.96. The number of phenolic OH excluding ortho intramolecular Hbond substituents is 1. The van der Waals surface area contributed by atoms with Gasteiger partial charge in [0.25, 0.3) is 0 Å². The minimum Gasteiger partial charge on any atom is -0.506 e. The quantitative estimate of drug-likeness (QED) is 0.901. The molecule has 0 radical (unpaired) electrons. The van der Waals surface area contributed by atoms with E-state index in [2.05, 4.69) is 4.90 Å². The van der Waals surface area contributed by atoms with Gasteiger partial charge < -0.3 is 14.7 Å². The van der Waals surface area contributed by atoms with Crippen LogP contribution in [-0.4, -0.2) is 52.3 Å². The van der Waals surface area contributed by atoms with Gasteiger partial charge in [-0.15, -0.1) is 0 Å². The number of hydrogen-bond donors (Lipinski definition) is 1. The summed E-state index contributed by atoms with van der Waals surface area (Å²) in [4.78, 5) is 16.3. The molecular formula is C15H17ClN2O3. The number of rotatable bonds is 2. The number of phenols is 1. The number of halogens is 1. The highest BCUT2D eigenvalue weighted by Gasteiger charge is 2.61. The van der Waals surface area contributed by atoms with E-state index in [-0.39, 0.29) is 17.7 Å². The lowest BCUT2D eigenvalue weighted by Gasteiger charge is -2.31. The number of carbonyl (C=O) groups is 1. The summed E-state index contributed by atoms with van der Waals surface area (Å²) in [5.41, 5.74) is 0.470. The molecule has 112 valence electrons. The molecule has 0 bridgehead atoms. The van der Waals surface area contributed by atoms with Gasteiger partial charge in [0.2, 0.25) is 5.91 Å². The lowest BCUT2D eigenvalue weighted by atomic mass is 10.1. The van der Waals surface area contributed by atoms with E-state index in [4.69, 9.17) is 16.3 Å². The normalized spacial score (nSPS) is 31.8. The van der Waals surface area contributed by atoms with Crippen molar-refractivity contribution in [2.24, 2.45) is 0 Å². The van der Waals surface area contributed by atoms with Crippen molar-refractivity contribution in [1.82, 2.24) is 9.80 Å². The fourth-order valence-electron chi connectivity index (χ4n) is 3.97. The lowest BCUT2D eigenvalue weighted by Crippen LogP contribution is -2.47. The third-order valence-corrected chi connectivity index (χ3v) is 5.38. The molecule has 0 aromatic heterocycles. The van der Waals surface area contributed by atoms with Gasteiger partial charge in [0, 0.05) is 32.5 Å². The summed E-state index contributed by atoms with van der Waals surface area (Å²) in [6.07, 6.45) is 1.36. The Morgan fingerprint density at radius 3 is 3.14 bits per heavy atom. The second kappa shape index (κ2) is 4.60. The first-order chi connectivity index (χ1) is 10.1. The summed E-state index contributed by atoms with van der Waals surface area (Å²) in [6.45, 7) is 2.84. The average Bonchev–Trinajstić information content (AvgIpc) is 3.09. The van der Waals surface area contributed by atoms with Crippen LogP contribution >= 0.6 is 11.6 Å². The van der Waals surface area contributed by atoms with Gasteiger partial charge in [0.05, 0.1) is 17.7 Å². The van der Waals surface area contributed by atoms with Crippen molar-refractivity contribution < 1.29 is 14.6 Å². The number of carbonyl (C=O) groups excluding carboxylic acids is 1. The molecule has 3 fully saturated rings. The van der Waals surface area contributed by atoms with Gasteiger partial charge in [-0.3, -0.25) is 9.69 Å². The Kier molecular flexibility index (Phi) is 2.93. The summed E-state index contributed by atoms with van der Waals surface area (Å²) >= 11 is 6.17. The molecule has 3 aliphatic rings. The van der Waals surface area contributed by atoms with Crippen LogP contribution in [0.25, 0.3) is 0 Å². The molecule has 3 heterocycles. The van der Waals surface area contributed by atoms with Crippen LogP contribution in [0.2, 0.25) is 5.02 Å². The van der Waals surface area contributed by atoms with Crippen LogP contribution in [0.1, 0.15) is 18.4 Å². The van der Waals surface area contributed by atoms with Crippen LogP contribution in [-0.2, 0) is 16.1 Å². The number of aromatic hydroxyl groups is 1. The smallest absolute Gasteiger partial charge is 0.226 e. The molecule has 1 spiro atoms. The fourth-order valence-corrected chi connectivity index (χ4v) is 4.16. The molecule has 2 atom stereocenters. The van der Waals surface area contributed by atoms with Gasteiger partial charge in [-0.1, -0.05) is 23.7 Å². The Balaban J connectivity index is 1.61. The Bertz CT molecular complexity index is 609. The highest BCUT2D eigenvalue weighted by Crippen LogP contribution is 2.46. The number of likely N-dealkylation sites (tertiary alicyclic amines) is 1.